The normalized spacial score (nSPS) is 10.7. The minimum atomic E-state index is -4.48. The van der Waals surface area contributed by atoms with Crippen LogP contribution < -0.4 is 26.4 Å². The van der Waals surface area contributed by atoms with E-state index in [1.54, 1.807) is 10.1 Å². The smallest absolute Gasteiger partial charge is 0.376 e. The quantitative estimate of drug-likeness (QED) is 0.0981. The van der Waals surface area contributed by atoms with Crippen LogP contribution >= 0.6 is 0 Å². The average molecular weight is 545 g/mol. The number of carbonyl (C=O) groups is 3. The zero-order chi connectivity index (χ0) is 28.0. The molecule has 2 aromatic rings. The maximum absolute atomic E-state index is 12.5. The maximum Gasteiger partial charge on any atom is 0.376 e. The van der Waals surface area contributed by atoms with Crippen molar-refractivity contribution in [3.63, 3.8) is 0 Å². The second-order valence-corrected chi connectivity index (χ2v) is 8.40. The molecule has 0 aliphatic heterocycles. The fraction of sp³-hybridized carbons (Fsp3) is 0.421. The predicted octanol–water partition coefficient (Wildman–Crippen LogP) is 0.467. The number of nitrogens with one attached hydrogen (secondary N) is 2. The largest absolute Gasteiger partial charge is 0.465 e. The van der Waals surface area contributed by atoms with Crippen molar-refractivity contribution in [1.82, 2.24) is 24.5 Å². The third-order valence-corrected chi connectivity index (χ3v) is 5.36. The first kappa shape index (κ1) is 30.7. The number of aromatic nitrogens is 3. The SMILES string of the molecule is CCCON=NC(=O)NN.CCCOc1nn(C(=O)NS(=O)(=O)c2ccccc2C(=O)OC)c(=O)n1C. The summed E-state index contributed by atoms with van der Waals surface area (Å²) in [6, 6.07) is 2.98. The summed E-state index contributed by atoms with van der Waals surface area (Å²) in [6.07, 6.45) is 1.47. The Bertz CT molecular complexity index is 1270. The van der Waals surface area contributed by atoms with E-state index in [9.17, 15) is 27.6 Å². The predicted molar refractivity (Wildman–Crippen MR) is 126 cm³/mol. The van der Waals surface area contributed by atoms with Gasteiger partial charge in [0.2, 0.25) is 0 Å². The molecule has 0 saturated heterocycles. The molecule has 0 unspecified atom stereocenters. The third kappa shape index (κ3) is 9.00. The van der Waals surface area contributed by atoms with Crippen molar-refractivity contribution in [3.8, 4) is 6.01 Å². The maximum atomic E-state index is 12.5. The highest BCUT2D eigenvalue weighted by molar-refractivity contribution is 7.90. The second-order valence-electron chi connectivity index (χ2n) is 6.75. The van der Waals surface area contributed by atoms with Crippen molar-refractivity contribution in [2.45, 2.75) is 31.6 Å². The van der Waals surface area contributed by atoms with Gasteiger partial charge in [-0.05, 0) is 25.0 Å². The third-order valence-electron chi connectivity index (χ3n) is 3.98. The summed E-state index contributed by atoms with van der Waals surface area (Å²) in [5, 5.41) is 9.75. The molecule has 3 amide bonds. The van der Waals surface area contributed by atoms with Gasteiger partial charge in [0.25, 0.3) is 10.0 Å². The number of hydrogen-bond acceptors (Lipinski definition) is 12. The van der Waals surface area contributed by atoms with Crippen LogP contribution in [0, 0.1) is 0 Å². The summed E-state index contributed by atoms with van der Waals surface area (Å²) in [5.41, 5.74) is 0.606. The van der Waals surface area contributed by atoms with Gasteiger partial charge in [0.1, 0.15) is 11.5 Å². The molecule has 18 heteroatoms. The molecule has 0 fully saturated rings. The lowest BCUT2D eigenvalue weighted by atomic mass is 10.2. The first-order valence-corrected chi connectivity index (χ1v) is 12.1. The molecule has 2 rings (SSSR count). The summed E-state index contributed by atoms with van der Waals surface area (Å²) in [6.45, 7) is 4.46. The number of hydrazine groups is 1. The second kappa shape index (κ2) is 14.9. The van der Waals surface area contributed by atoms with Crippen LogP contribution in [0.3, 0.4) is 0 Å². The molecule has 0 aliphatic carbocycles. The highest BCUT2D eigenvalue weighted by atomic mass is 32.2. The lowest BCUT2D eigenvalue weighted by Crippen LogP contribution is -2.40. The first-order valence-electron chi connectivity index (χ1n) is 10.6. The number of amides is 3. The number of rotatable bonds is 9. The highest BCUT2D eigenvalue weighted by Crippen LogP contribution is 2.16. The fourth-order valence-corrected chi connectivity index (χ4v) is 3.42. The minimum absolute atomic E-state index is 0.135. The van der Waals surface area contributed by atoms with Crippen LogP contribution in [0.25, 0.3) is 0 Å². The summed E-state index contributed by atoms with van der Waals surface area (Å²) in [4.78, 5) is 50.3. The van der Waals surface area contributed by atoms with Crippen molar-refractivity contribution in [2.24, 2.45) is 23.3 Å². The molecular weight excluding hydrogens is 516 g/mol. The molecule has 0 saturated carbocycles. The summed E-state index contributed by atoms with van der Waals surface area (Å²) in [5.74, 6) is 3.78. The molecule has 4 N–H and O–H groups in total. The van der Waals surface area contributed by atoms with Crippen molar-refractivity contribution in [2.75, 3.05) is 20.3 Å². The number of sulfonamides is 1. The van der Waals surface area contributed by atoms with E-state index in [0.717, 1.165) is 24.2 Å². The van der Waals surface area contributed by atoms with Crippen molar-refractivity contribution in [1.29, 1.82) is 0 Å². The molecule has 0 radical (unpaired) electrons. The standard InChI is InChI=1S/C15H18N4O7S.C4H10N4O2/c1-4-9-26-14-16-19(15(22)18(14)2)13(21)17-27(23,24)11-8-6-5-7-10(11)12(20)25-3;1-2-3-10-8-7-4(9)6-5/h5-8H,4,9H2,1-3H3,(H,17,21);2-3,5H2,1H3,(H,6,9). The van der Waals surface area contributed by atoms with Crippen LogP contribution in [0.2, 0.25) is 0 Å². The molecule has 1 heterocycles. The number of carbonyl (C=O) groups excluding carboxylic acids is 3. The molecule has 0 aliphatic rings. The Labute approximate surface area is 211 Å². The van der Waals surface area contributed by atoms with Crippen molar-refractivity contribution >= 4 is 28.1 Å². The van der Waals surface area contributed by atoms with E-state index < -0.39 is 38.6 Å². The molecule has 0 bridgehead atoms. The van der Waals surface area contributed by atoms with Crippen LogP contribution in [0.4, 0.5) is 9.59 Å². The number of ether oxygens (including phenoxy) is 2. The molecule has 204 valence electrons. The molecular formula is C19H28N8O9S. The van der Waals surface area contributed by atoms with Gasteiger partial charge in [-0.25, -0.2) is 42.7 Å². The molecule has 1 aromatic heterocycles. The number of esters is 1. The van der Waals surface area contributed by atoms with Gasteiger partial charge in [-0.3, -0.25) is 5.43 Å². The van der Waals surface area contributed by atoms with E-state index in [1.807, 2.05) is 13.8 Å². The number of nitrogens with zero attached hydrogens (tertiary/aromatic N) is 5. The molecule has 0 atom stereocenters. The van der Waals surface area contributed by atoms with Crippen LogP contribution in [0.1, 0.15) is 37.0 Å². The zero-order valence-corrected chi connectivity index (χ0v) is 21.4. The van der Waals surface area contributed by atoms with E-state index in [4.69, 9.17) is 4.74 Å². The highest BCUT2D eigenvalue weighted by Gasteiger charge is 2.27. The Kier molecular flexibility index (Phi) is 12.4. The van der Waals surface area contributed by atoms with Gasteiger partial charge in [-0.1, -0.05) is 31.1 Å². The fourth-order valence-electron chi connectivity index (χ4n) is 2.29. The lowest BCUT2D eigenvalue weighted by Gasteiger charge is -2.09. The van der Waals surface area contributed by atoms with Gasteiger partial charge < -0.3 is 14.3 Å². The Morgan fingerprint density at radius 2 is 1.78 bits per heavy atom. The summed E-state index contributed by atoms with van der Waals surface area (Å²) >= 11 is 0. The molecule has 37 heavy (non-hydrogen) atoms. The number of methoxy groups -OCH3 is 1. The topological polar surface area (TPSA) is 228 Å². The van der Waals surface area contributed by atoms with E-state index in [2.05, 4.69) is 30.9 Å². The Morgan fingerprint density at radius 1 is 1.14 bits per heavy atom. The van der Waals surface area contributed by atoms with Gasteiger partial charge in [-0.2, -0.15) is 0 Å². The van der Waals surface area contributed by atoms with Crippen LogP contribution in [0.15, 0.2) is 44.3 Å². The molecule has 0 spiro atoms. The lowest BCUT2D eigenvalue weighted by molar-refractivity contribution is 0.0596. The van der Waals surface area contributed by atoms with Gasteiger partial charge >= 0.3 is 29.7 Å². The van der Waals surface area contributed by atoms with E-state index in [-0.39, 0.29) is 18.2 Å². The Morgan fingerprint density at radius 3 is 2.38 bits per heavy atom. The van der Waals surface area contributed by atoms with E-state index in [0.29, 0.717) is 17.7 Å². The number of benzene rings is 1. The molecule has 17 nitrogen and oxygen atoms in total. The number of nitrogens with two attached hydrogens (primary N) is 1. The van der Waals surface area contributed by atoms with Gasteiger partial charge in [0.15, 0.2) is 0 Å². The summed E-state index contributed by atoms with van der Waals surface area (Å²) < 4.78 is 37.8. The Hall–Kier alpha value is -4.32. The average Bonchev–Trinajstić information content (AvgIpc) is 3.18. The number of hydrogen-bond donors (Lipinski definition) is 3. The van der Waals surface area contributed by atoms with Crippen molar-refractivity contribution in [3.05, 3.63) is 40.3 Å². The monoisotopic (exact) mass is 544 g/mol. The molecule has 1 aromatic carbocycles. The van der Waals surface area contributed by atoms with E-state index >= 15 is 0 Å². The van der Waals surface area contributed by atoms with Crippen molar-refractivity contribution < 1.29 is 37.1 Å². The van der Waals surface area contributed by atoms with Gasteiger partial charge in [0.05, 0.1) is 19.3 Å². The minimum Gasteiger partial charge on any atom is -0.465 e. The van der Waals surface area contributed by atoms with E-state index in [1.165, 1.54) is 25.2 Å². The summed E-state index contributed by atoms with van der Waals surface area (Å²) in [7, 11) is -2.06. The van der Waals surface area contributed by atoms with Crippen LogP contribution in [0.5, 0.6) is 6.01 Å². The van der Waals surface area contributed by atoms with Crippen LogP contribution in [-0.2, 0) is 26.6 Å². The zero-order valence-electron chi connectivity index (χ0n) is 20.5. The number of urea groups is 1. The first-order chi connectivity index (χ1) is 17.5. The van der Waals surface area contributed by atoms with Gasteiger partial charge in [-0.15, -0.1) is 9.78 Å². The van der Waals surface area contributed by atoms with Crippen LogP contribution in [-0.4, -0.2) is 61.1 Å². The Balaban J connectivity index is 0.000000580. The van der Waals surface area contributed by atoms with Gasteiger partial charge in [0, 0.05) is 12.3 Å².